The van der Waals surface area contributed by atoms with Crippen molar-refractivity contribution < 1.29 is 8.98 Å². The molecule has 137 heavy (non-hydrogen) atoms. The summed E-state index contributed by atoms with van der Waals surface area (Å²) in [5.74, 6) is 1.96. The van der Waals surface area contributed by atoms with Crippen LogP contribution in [0, 0.1) is 0 Å². The molecule has 0 bridgehead atoms. The van der Waals surface area contributed by atoms with Gasteiger partial charge in [-0.05, 0) is 144 Å². The Labute approximate surface area is 797 Å². The first kappa shape index (κ1) is 81.8. The van der Waals surface area contributed by atoms with Crippen LogP contribution in [-0.2, 0) is 4.57 Å². The van der Waals surface area contributed by atoms with Gasteiger partial charge in [0.15, 0.2) is 30.2 Å². The summed E-state index contributed by atoms with van der Waals surface area (Å²) in [5, 5.41) is 20.6. The van der Waals surface area contributed by atoms with Crippen molar-refractivity contribution in [2.24, 2.45) is 0 Å². The van der Waals surface area contributed by atoms with Gasteiger partial charge < -0.3 is 8.98 Å². The van der Waals surface area contributed by atoms with E-state index in [0.717, 1.165) is 143 Å². The topological polar surface area (TPSA) is 108 Å². The Morgan fingerprint density at radius 1 is 0.197 bits per heavy atom. The smallest absolute Gasteiger partial charge is 0.171 e. The lowest BCUT2D eigenvalue weighted by atomic mass is 9.96. The minimum absolute atomic E-state index is 0.648. The molecule has 0 aliphatic rings. The van der Waals surface area contributed by atoms with Crippen LogP contribution in [0.15, 0.2) is 484 Å². The van der Waals surface area contributed by atoms with Crippen molar-refractivity contribution in [3.05, 3.63) is 479 Å². The number of thiophene rings is 2. The molecule has 7 aromatic heterocycles. The lowest BCUT2D eigenvalue weighted by molar-refractivity contribution is 0.592. The molecule has 0 spiro atoms. The van der Waals surface area contributed by atoms with Crippen LogP contribution >= 0.6 is 29.8 Å². The molecule has 8 nitrogen and oxygen atoms in total. The van der Waals surface area contributed by atoms with Crippen molar-refractivity contribution >= 4 is 173 Å². The minimum atomic E-state index is -3.03. The third-order valence-corrected chi connectivity index (χ3v) is 31.7. The van der Waals surface area contributed by atoms with Crippen LogP contribution in [0.1, 0.15) is 0 Å². The molecule has 7 heterocycles. The summed E-state index contributed by atoms with van der Waals surface area (Å²) < 4.78 is 26.3. The van der Waals surface area contributed by atoms with Crippen molar-refractivity contribution in [3.8, 4) is 112 Å². The van der Waals surface area contributed by atoms with Gasteiger partial charge in [0.2, 0.25) is 0 Å². The monoisotopic (exact) mass is 1800 g/mol. The van der Waals surface area contributed by atoms with E-state index in [-0.39, 0.29) is 0 Å². The quantitative estimate of drug-likeness (QED) is 0.105. The molecule has 0 aliphatic heterocycles. The van der Waals surface area contributed by atoms with E-state index in [0.29, 0.717) is 17.5 Å². The Morgan fingerprint density at radius 2 is 0.489 bits per heavy atom. The van der Waals surface area contributed by atoms with E-state index in [9.17, 15) is 4.57 Å². The number of rotatable bonds is 13. The molecule has 0 fully saturated rings. The number of fused-ring (bicyclic) bond motifs is 18. The van der Waals surface area contributed by atoms with Crippen LogP contribution in [-0.4, -0.2) is 29.9 Å². The molecule has 0 radical (unpaired) electrons. The van der Waals surface area contributed by atoms with E-state index in [1.807, 2.05) is 168 Å². The molecule has 20 aromatic carbocycles. The molecule has 0 aliphatic carbocycles. The first-order chi connectivity index (χ1) is 67.7. The van der Waals surface area contributed by atoms with Gasteiger partial charge in [0.05, 0.1) is 37.3 Å². The summed E-state index contributed by atoms with van der Waals surface area (Å²) in [4.78, 5) is 30.0. The molecule has 11 heteroatoms. The molecule has 0 amide bonds. The highest BCUT2D eigenvalue weighted by molar-refractivity contribution is 7.85. The molecule has 642 valence electrons. The van der Waals surface area contributed by atoms with E-state index in [1.165, 1.54) is 94.9 Å². The zero-order valence-corrected chi connectivity index (χ0v) is 76.4. The maximum absolute atomic E-state index is 14.9. The van der Waals surface area contributed by atoms with Gasteiger partial charge in [-0.2, -0.15) is 0 Å². The fourth-order valence-electron chi connectivity index (χ4n) is 19.4. The maximum atomic E-state index is 14.9. The summed E-state index contributed by atoms with van der Waals surface area (Å²) >= 11 is 3.64. The minimum Gasteiger partial charge on any atom is -0.454 e. The first-order valence-corrected chi connectivity index (χ1v) is 49.3. The first-order valence-electron chi connectivity index (χ1n) is 45.9. The maximum Gasteiger partial charge on any atom is 0.171 e. The van der Waals surface area contributed by atoms with Gasteiger partial charge in [-0.3, -0.25) is 0 Å². The largest absolute Gasteiger partial charge is 0.454 e. The predicted molar refractivity (Wildman–Crippen MR) is 578 cm³/mol. The van der Waals surface area contributed by atoms with Gasteiger partial charge in [-0.25, -0.2) is 29.9 Å². The highest BCUT2D eigenvalue weighted by Gasteiger charge is 2.31. The van der Waals surface area contributed by atoms with Gasteiger partial charge in [-0.1, -0.05) is 413 Å². The molecule has 0 saturated carbocycles. The van der Waals surface area contributed by atoms with Crippen molar-refractivity contribution in [2.45, 2.75) is 0 Å². The Bertz CT molecular complexity index is 9320. The molecule has 27 aromatic rings. The highest BCUT2D eigenvalue weighted by Crippen LogP contribution is 2.49. The standard InChI is InChI=1S/C43H28NOPS.C42H26N4S.C41H25NO/c45-46(34-11-3-1-4-12-34,35-13-5-2-6-14-35)36-26-25-32-27-31(23-24-33(32)28-36)29-19-21-30(22-20-29)42-43-41(37-15-7-9-17-39(37)44-42)38-16-8-10-18-40(38)47-43;1-3-11-30(12-4-1)40-44-41(31-13-5-2-6-14-31)46-42(45-40)32-25-21-28(22-26-32)27-19-23-29(24-20-27)38-39-37(33-15-7-9-17-35(33)43-38)34-16-8-10-18-36(34)47-39;1-2-8-29-23-31(18-15-26(29)7-1)34-22-21-32-24-30(19-20-33(32)25-34)27-13-16-28(17-14-27)40-41-39(35-9-3-5-11-37(35)42-40)36-10-4-6-12-38(36)43-41/h1-28H;1-26H;1-25H. The molecule has 0 saturated heterocycles. The average molecular weight is 1800 g/mol. The number of pyridine rings is 3. The number of hydrogen-bond acceptors (Lipinski definition) is 10. The lowest BCUT2D eigenvalue weighted by Gasteiger charge is -2.20. The number of aromatic nitrogens is 6. The number of furan rings is 1. The average Bonchev–Trinajstić information content (AvgIpc) is 1.62. The van der Waals surface area contributed by atoms with Crippen LogP contribution in [0.3, 0.4) is 0 Å². The van der Waals surface area contributed by atoms with Gasteiger partial charge in [-0.15, -0.1) is 22.7 Å². The van der Waals surface area contributed by atoms with E-state index in [2.05, 4.69) is 334 Å². The molecular weight excluding hydrogens is 1720 g/mol. The van der Waals surface area contributed by atoms with E-state index in [4.69, 9.17) is 34.3 Å². The summed E-state index contributed by atoms with van der Waals surface area (Å²) in [7, 11) is -3.03. The predicted octanol–water partition coefficient (Wildman–Crippen LogP) is 33.3. The molecule has 0 unspecified atom stereocenters. The molecular formula is C126H79N6O2PS2. The van der Waals surface area contributed by atoms with Crippen LogP contribution in [0.2, 0.25) is 0 Å². The Morgan fingerprint density at radius 3 is 0.942 bits per heavy atom. The molecule has 0 N–H and O–H groups in total. The van der Waals surface area contributed by atoms with Crippen LogP contribution < -0.4 is 15.9 Å². The van der Waals surface area contributed by atoms with E-state index < -0.39 is 7.14 Å². The third-order valence-electron chi connectivity index (χ3n) is 26.3. The van der Waals surface area contributed by atoms with E-state index in [1.54, 1.807) is 0 Å². The second-order valence-corrected chi connectivity index (χ2v) is 39.4. The number of nitrogens with zero attached hydrogens (tertiary/aromatic N) is 6. The summed E-state index contributed by atoms with van der Waals surface area (Å²) in [6.45, 7) is 0. The van der Waals surface area contributed by atoms with Gasteiger partial charge in [0, 0.05) is 107 Å². The van der Waals surface area contributed by atoms with Crippen LogP contribution in [0.5, 0.6) is 0 Å². The summed E-state index contributed by atoms with van der Waals surface area (Å²) in [6, 6.07) is 167. The van der Waals surface area contributed by atoms with Crippen LogP contribution in [0.4, 0.5) is 0 Å². The number of para-hydroxylation sites is 4. The normalized spacial score (nSPS) is 11.7. The second-order valence-electron chi connectivity index (χ2n) is 34.6. The molecule has 27 rings (SSSR count). The Kier molecular flexibility index (Phi) is 20.8. The zero-order chi connectivity index (χ0) is 90.9. The van der Waals surface area contributed by atoms with Crippen molar-refractivity contribution in [3.63, 3.8) is 0 Å². The Balaban J connectivity index is 0.000000109. The number of hydrogen-bond donors (Lipinski definition) is 0. The van der Waals surface area contributed by atoms with Crippen molar-refractivity contribution in [2.75, 3.05) is 0 Å². The second kappa shape index (κ2) is 34.8. The van der Waals surface area contributed by atoms with Gasteiger partial charge in [0.25, 0.3) is 0 Å². The molecule has 0 atom stereocenters. The fraction of sp³-hybridized carbons (Fsp3) is 0. The fourth-order valence-corrected chi connectivity index (χ4v) is 24.5. The zero-order valence-electron chi connectivity index (χ0n) is 73.9. The Hall–Kier alpha value is -17.1. The van der Waals surface area contributed by atoms with E-state index >= 15 is 0 Å². The summed E-state index contributed by atoms with van der Waals surface area (Å²) in [6.07, 6.45) is 0. The highest BCUT2D eigenvalue weighted by atomic mass is 32.1. The lowest BCUT2D eigenvalue weighted by Crippen LogP contribution is -2.24. The van der Waals surface area contributed by atoms with Crippen molar-refractivity contribution in [1.29, 1.82) is 0 Å². The third kappa shape index (κ3) is 15.2. The van der Waals surface area contributed by atoms with Crippen LogP contribution in [0.25, 0.3) is 240 Å². The number of benzene rings is 20. The van der Waals surface area contributed by atoms with Gasteiger partial charge >= 0.3 is 0 Å². The SMILES string of the molecule is O=P(c1ccccc1)(c1ccccc1)c1ccc2cc(-c3ccc(-c4nc5ccccc5c5c4sc4ccccc45)cc3)ccc2c1.c1ccc(-c2nc(-c3ccccc3)nc(-c3ccc(-c4ccc(-c5nc6ccccc6c6c5sc5ccccc56)cc4)cc3)n2)cc1.c1ccc2cc(-c3ccc4cc(-c5ccc(-c6nc7ccccc7c7c6oc6ccccc67)cc5)ccc4c3)ccc2c1. The van der Waals surface area contributed by atoms with Gasteiger partial charge in [0.1, 0.15) is 11.3 Å². The van der Waals surface area contributed by atoms with Crippen molar-refractivity contribution in [1.82, 2.24) is 29.9 Å². The summed E-state index contributed by atoms with van der Waals surface area (Å²) in [5.41, 5.74) is 23.1.